The molecule has 2 aromatic rings. The van der Waals surface area contributed by atoms with E-state index in [1.165, 1.54) is 0 Å². The molecule has 0 saturated heterocycles. The van der Waals surface area contributed by atoms with Gasteiger partial charge >= 0.3 is 5.97 Å². The molecular weight excluding hydrogens is 466 g/mol. The molecule has 0 radical (unpaired) electrons. The Morgan fingerprint density at radius 1 is 1.20 bits per heavy atom. The van der Waals surface area contributed by atoms with E-state index in [-0.39, 0.29) is 17.7 Å². The van der Waals surface area contributed by atoms with Crippen molar-refractivity contribution >= 4 is 39.4 Å². The van der Waals surface area contributed by atoms with Crippen molar-refractivity contribution < 1.29 is 14.7 Å². The van der Waals surface area contributed by atoms with E-state index in [4.69, 9.17) is 11.6 Å². The van der Waals surface area contributed by atoms with Crippen LogP contribution in [-0.2, 0) is 9.59 Å². The topological polar surface area (TPSA) is 57.6 Å². The summed E-state index contributed by atoms with van der Waals surface area (Å²) in [7, 11) is 0. The smallest absolute Gasteiger partial charge is 0.326 e. The van der Waals surface area contributed by atoms with Crippen LogP contribution in [0.2, 0.25) is 5.02 Å². The Bertz CT molecular complexity index is 946. The van der Waals surface area contributed by atoms with E-state index in [2.05, 4.69) is 29.8 Å². The number of carbonyl (C=O) groups is 2. The maximum absolute atomic E-state index is 13.7. The molecule has 0 bridgehead atoms. The highest BCUT2D eigenvalue weighted by Crippen LogP contribution is 2.42. The van der Waals surface area contributed by atoms with E-state index >= 15 is 0 Å². The Labute approximate surface area is 191 Å². The molecule has 1 heterocycles. The molecule has 3 rings (SSSR count). The molecule has 0 aliphatic carbocycles. The van der Waals surface area contributed by atoms with Gasteiger partial charge in [0.15, 0.2) is 0 Å². The van der Waals surface area contributed by atoms with E-state index in [9.17, 15) is 14.7 Å². The van der Waals surface area contributed by atoms with E-state index in [0.717, 1.165) is 21.2 Å². The average molecular weight is 493 g/mol. The van der Waals surface area contributed by atoms with Gasteiger partial charge in [-0.15, -0.1) is 0 Å². The van der Waals surface area contributed by atoms with E-state index in [1.807, 2.05) is 49.4 Å². The molecule has 0 aromatic heterocycles. The maximum Gasteiger partial charge on any atom is 0.326 e. The highest BCUT2D eigenvalue weighted by molar-refractivity contribution is 9.10. The van der Waals surface area contributed by atoms with Crippen LogP contribution in [0.4, 0.5) is 0 Å². The fourth-order valence-corrected chi connectivity index (χ4v) is 5.16. The number of rotatable bonds is 6. The predicted octanol–water partition coefficient (Wildman–Crippen LogP) is 6.07. The molecule has 0 fully saturated rings. The highest BCUT2D eigenvalue weighted by atomic mass is 79.9. The molecule has 1 aliphatic heterocycles. The van der Waals surface area contributed by atoms with Crippen molar-refractivity contribution in [3.8, 4) is 0 Å². The van der Waals surface area contributed by atoms with E-state index in [1.54, 1.807) is 4.90 Å². The molecule has 30 heavy (non-hydrogen) atoms. The van der Waals surface area contributed by atoms with Crippen LogP contribution in [0.1, 0.15) is 62.1 Å². The molecule has 1 N–H and O–H groups in total. The molecule has 4 nitrogen and oxygen atoms in total. The summed E-state index contributed by atoms with van der Waals surface area (Å²) in [5.41, 5.74) is 2.96. The van der Waals surface area contributed by atoms with Gasteiger partial charge in [-0.2, -0.15) is 0 Å². The van der Waals surface area contributed by atoms with Crippen molar-refractivity contribution in [3.63, 3.8) is 0 Å². The molecule has 1 amide bonds. The molecule has 160 valence electrons. The summed E-state index contributed by atoms with van der Waals surface area (Å²) in [4.78, 5) is 27.3. The van der Waals surface area contributed by atoms with Crippen LogP contribution in [0.5, 0.6) is 0 Å². The van der Waals surface area contributed by atoms with Crippen molar-refractivity contribution in [2.24, 2.45) is 5.92 Å². The fraction of sp³-hybridized carbons (Fsp3) is 0.417. The quantitative estimate of drug-likeness (QED) is 0.532. The molecule has 0 spiro atoms. The van der Waals surface area contributed by atoms with Gasteiger partial charge in [-0.25, -0.2) is 4.79 Å². The summed E-state index contributed by atoms with van der Waals surface area (Å²) >= 11 is 10.0. The van der Waals surface area contributed by atoms with Gasteiger partial charge in [0.2, 0.25) is 5.91 Å². The highest BCUT2D eigenvalue weighted by Gasteiger charge is 2.40. The third-order valence-electron chi connectivity index (χ3n) is 5.80. The van der Waals surface area contributed by atoms with E-state index in [0.29, 0.717) is 24.4 Å². The van der Waals surface area contributed by atoms with Gasteiger partial charge in [0, 0.05) is 22.0 Å². The van der Waals surface area contributed by atoms with Crippen LogP contribution in [0.3, 0.4) is 0 Å². The zero-order valence-corrected chi connectivity index (χ0v) is 19.8. The number of aliphatic carboxylic acids is 1. The predicted molar refractivity (Wildman–Crippen MR) is 123 cm³/mol. The monoisotopic (exact) mass is 491 g/mol. The molecule has 6 heteroatoms. The normalized spacial score (nSPS) is 20.1. The van der Waals surface area contributed by atoms with Crippen molar-refractivity contribution in [3.05, 3.63) is 68.7 Å². The molecule has 3 unspecified atom stereocenters. The van der Waals surface area contributed by atoms with Gasteiger partial charge < -0.3 is 10.0 Å². The minimum absolute atomic E-state index is 0.115. The molecule has 3 atom stereocenters. The van der Waals surface area contributed by atoms with Crippen molar-refractivity contribution in [2.75, 3.05) is 6.54 Å². The number of fused-ring (bicyclic) bond motifs is 1. The summed E-state index contributed by atoms with van der Waals surface area (Å²) in [5.74, 6) is -1.36. The third kappa shape index (κ3) is 4.57. The molecular formula is C24H27BrClNO3. The Morgan fingerprint density at radius 2 is 1.90 bits per heavy atom. The molecule has 2 aromatic carbocycles. The lowest BCUT2D eigenvalue weighted by molar-refractivity contribution is -0.151. The summed E-state index contributed by atoms with van der Waals surface area (Å²) in [6.45, 7) is 6.27. The standard InChI is InChI=1S/C24H27BrClNO3/c1-4-22(24(29)30)27-13-20(17-7-5-6-8-21(17)25)18-12-15(26)9-10-16(18)19(23(27)28)11-14(2)3/h5-10,12,14,19-20,22H,4,11,13H2,1-3H3,(H,29,30). The number of hydrogen-bond acceptors (Lipinski definition) is 2. The summed E-state index contributed by atoms with van der Waals surface area (Å²) in [5, 5.41) is 10.5. The summed E-state index contributed by atoms with van der Waals surface area (Å²) < 4.78 is 0.930. The van der Waals surface area contributed by atoms with E-state index < -0.39 is 17.9 Å². The first-order valence-electron chi connectivity index (χ1n) is 10.3. The summed E-state index contributed by atoms with van der Waals surface area (Å²) in [6, 6.07) is 12.7. The van der Waals surface area contributed by atoms with Crippen LogP contribution >= 0.6 is 27.5 Å². The van der Waals surface area contributed by atoms with Crippen molar-refractivity contribution in [1.82, 2.24) is 4.90 Å². The Hall–Kier alpha value is -1.85. The number of halogens is 2. The van der Waals surface area contributed by atoms with Crippen LogP contribution in [0, 0.1) is 5.92 Å². The van der Waals surface area contributed by atoms with Crippen LogP contribution < -0.4 is 0 Å². The second kappa shape index (κ2) is 9.52. The van der Waals surface area contributed by atoms with Crippen LogP contribution in [-0.4, -0.2) is 34.5 Å². The van der Waals surface area contributed by atoms with Gasteiger partial charge in [-0.1, -0.05) is 72.6 Å². The number of hydrogen-bond donors (Lipinski definition) is 1. The van der Waals surface area contributed by atoms with Gasteiger partial charge in [0.05, 0.1) is 5.92 Å². The van der Waals surface area contributed by atoms with Crippen molar-refractivity contribution in [2.45, 2.75) is 51.5 Å². The number of benzene rings is 2. The Kier molecular flexibility index (Phi) is 7.25. The van der Waals surface area contributed by atoms with Crippen LogP contribution in [0.15, 0.2) is 46.9 Å². The lowest BCUT2D eigenvalue weighted by Crippen LogP contribution is -2.47. The SMILES string of the molecule is CCC(C(=O)O)N1CC(c2ccccc2Br)c2cc(Cl)ccc2C(CC(C)C)C1=O. The second-order valence-electron chi connectivity index (χ2n) is 8.28. The van der Waals surface area contributed by atoms with Gasteiger partial charge in [0.25, 0.3) is 0 Å². The zero-order chi connectivity index (χ0) is 22.0. The first-order valence-corrected chi connectivity index (χ1v) is 11.5. The second-order valence-corrected chi connectivity index (χ2v) is 9.57. The van der Waals surface area contributed by atoms with Gasteiger partial charge in [-0.05, 0) is 53.6 Å². The van der Waals surface area contributed by atoms with Gasteiger partial charge in [-0.3, -0.25) is 4.79 Å². The minimum atomic E-state index is -0.969. The van der Waals surface area contributed by atoms with Crippen LogP contribution in [0.25, 0.3) is 0 Å². The number of carboxylic acids is 1. The maximum atomic E-state index is 13.7. The first-order chi connectivity index (χ1) is 14.2. The number of nitrogens with zero attached hydrogens (tertiary/aromatic N) is 1. The minimum Gasteiger partial charge on any atom is -0.480 e. The Morgan fingerprint density at radius 3 is 2.50 bits per heavy atom. The zero-order valence-electron chi connectivity index (χ0n) is 17.4. The molecule has 1 aliphatic rings. The first kappa shape index (κ1) is 22.8. The average Bonchev–Trinajstić information content (AvgIpc) is 2.79. The number of carbonyl (C=O) groups excluding carboxylic acids is 1. The lowest BCUT2D eigenvalue weighted by Gasteiger charge is -2.32. The lowest BCUT2D eigenvalue weighted by atomic mass is 9.82. The number of amides is 1. The summed E-state index contributed by atoms with van der Waals surface area (Å²) in [6.07, 6.45) is 1.01. The molecule has 0 saturated carbocycles. The number of carboxylic acid groups (broad SMARTS) is 1. The van der Waals surface area contributed by atoms with Gasteiger partial charge in [0.1, 0.15) is 6.04 Å². The largest absolute Gasteiger partial charge is 0.480 e. The third-order valence-corrected chi connectivity index (χ3v) is 6.75. The fourth-order valence-electron chi connectivity index (χ4n) is 4.41. The Balaban J connectivity index is 2.25. The van der Waals surface area contributed by atoms with Crippen molar-refractivity contribution in [1.29, 1.82) is 0 Å².